The number of halogens is 2. The van der Waals surface area contributed by atoms with E-state index >= 15 is 0 Å². The highest BCUT2D eigenvalue weighted by Gasteiger charge is 2.30. The van der Waals surface area contributed by atoms with E-state index in [0.717, 1.165) is 25.9 Å². The molecule has 0 radical (unpaired) electrons. The Hall–Kier alpha value is -0.140. The Balaban J connectivity index is 2.33. The van der Waals surface area contributed by atoms with Crippen LogP contribution in [0, 0.1) is 0 Å². The van der Waals surface area contributed by atoms with Gasteiger partial charge in [-0.3, -0.25) is 0 Å². The molecular formula is C12H16BrClN2O2S. The molecular weight excluding hydrogens is 352 g/mol. The van der Waals surface area contributed by atoms with Gasteiger partial charge in [-0.15, -0.1) is 0 Å². The fourth-order valence-corrected chi connectivity index (χ4v) is 4.81. The third-order valence-electron chi connectivity index (χ3n) is 3.40. The largest absolute Gasteiger partial charge is 0.317 e. The molecule has 1 aromatic carbocycles. The fraction of sp³-hybridized carbons (Fsp3) is 0.500. The van der Waals surface area contributed by atoms with E-state index in [-0.39, 0.29) is 10.9 Å². The summed E-state index contributed by atoms with van der Waals surface area (Å²) < 4.78 is 27.1. The molecule has 1 aromatic rings. The molecule has 1 heterocycles. The molecule has 2 rings (SSSR count). The molecule has 1 aliphatic heterocycles. The predicted octanol–water partition coefficient (Wildman–Crippen LogP) is 2.47. The molecule has 0 aromatic heterocycles. The molecule has 1 fully saturated rings. The van der Waals surface area contributed by atoms with Crippen molar-refractivity contribution in [2.75, 3.05) is 20.1 Å². The Kier molecular flexibility index (Phi) is 4.89. The highest BCUT2D eigenvalue weighted by Crippen LogP contribution is 2.32. The van der Waals surface area contributed by atoms with Gasteiger partial charge in [0.2, 0.25) is 10.0 Å². The van der Waals surface area contributed by atoms with Gasteiger partial charge >= 0.3 is 0 Å². The van der Waals surface area contributed by atoms with Crippen LogP contribution >= 0.6 is 27.5 Å². The van der Waals surface area contributed by atoms with Crippen molar-refractivity contribution in [1.29, 1.82) is 0 Å². The summed E-state index contributed by atoms with van der Waals surface area (Å²) in [7, 11) is -1.88. The van der Waals surface area contributed by atoms with Crippen LogP contribution in [0.3, 0.4) is 0 Å². The van der Waals surface area contributed by atoms with Gasteiger partial charge in [-0.25, -0.2) is 8.42 Å². The maximum Gasteiger partial charge on any atom is 0.244 e. The monoisotopic (exact) mass is 366 g/mol. The molecule has 1 saturated heterocycles. The molecule has 106 valence electrons. The highest BCUT2D eigenvalue weighted by atomic mass is 79.9. The second-order valence-corrected chi connectivity index (χ2v) is 7.72. The normalized spacial score (nSPS) is 17.9. The molecule has 7 heteroatoms. The molecule has 0 atom stereocenters. The van der Waals surface area contributed by atoms with Gasteiger partial charge in [-0.2, -0.15) is 4.31 Å². The zero-order chi connectivity index (χ0) is 14.0. The number of nitrogens with zero attached hydrogens (tertiary/aromatic N) is 1. The van der Waals surface area contributed by atoms with Crippen LogP contribution in [0.4, 0.5) is 0 Å². The molecule has 0 aliphatic carbocycles. The van der Waals surface area contributed by atoms with E-state index in [9.17, 15) is 8.42 Å². The smallest absolute Gasteiger partial charge is 0.244 e. The molecule has 0 bridgehead atoms. The zero-order valence-corrected chi connectivity index (χ0v) is 13.7. The topological polar surface area (TPSA) is 49.4 Å². The summed E-state index contributed by atoms with van der Waals surface area (Å²) >= 11 is 9.23. The van der Waals surface area contributed by atoms with Crippen LogP contribution in [0.2, 0.25) is 5.02 Å². The summed E-state index contributed by atoms with van der Waals surface area (Å²) in [5.41, 5.74) is 0. The van der Waals surface area contributed by atoms with Crippen molar-refractivity contribution in [1.82, 2.24) is 9.62 Å². The van der Waals surface area contributed by atoms with Crippen LogP contribution in [0.1, 0.15) is 12.8 Å². The van der Waals surface area contributed by atoms with E-state index < -0.39 is 10.0 Å². The van der Waals surface area contributed by atoms with Crippen molar-refractivity contribution in [2.45, 2.75) is 23.8 Å². The van der Waals surface area contributed by atoms with Gasteiger partial charge in [0.25, 0.3) is 0 Å². The summed E-state index contributed by atoms with van der Waals surface area (Å²) in [6, 6.07) is 4.92. The van der Waals surface area contributed by atoms with Crippen LogP contribution in [-0.2, 0) is 10.0 Å². The second kappa shape index (κ2) is 6.10. The molecule has 0 unspecified atom stereocenters. The summed E-state index contributed by atoms with van der Waals surface area (Å²) in [5, 5.41) is 3.63. The van der Waals surface area contributed by atoms with Gasteiger partial charge in [-0.1, -0.05) is 17.7 Å². The number of sulfonamides is 1. The van der Waals surface area contributed by atoms with Crippen molar-refractivity contribution in [3.63, 3.8) is 0 Å². The van der Waals surface area contributed by atoms with Gasteiger partial charge < -0.3 is 5.32 Å². The Morgan fingerprint density at radius 1 is 1.37 bits per heavy atom. The van der Waals surface area contributed by atoms with Crippen molar-refractivity contribution in [3.05, 3.63) is 27.7 Å². The zero-order valence-electron chi connectivity index (χ0n) is 10.6. The van der Waals surface area contributed by atoms with Gasteiger partial charge in [0.15, 0.2) is 0 Å². The number of piperidine rings is 1. The molecule has 0 amide bonds. The molecule has 19 heavy (non-hydrogen) atoms. The second-order valence-electron chi connectivity index (χ2n) is 4.55. The first-order chi connectivity index (χ1) is 8.94. The van der Waals surface area contributed by atoms with Crippen molar-refractivity contribution in [3.8, 4) is 0 Å². The molecule has 1 aliphatic rings. The SMILES string of the molecule is CN(C1CCNCC1)S(=O)(=O)c1cccc(Cl)c1Br. The fourth-order valence-electron chi connectivity index (χ4n) is 2.20. The quantitative estimate of drug-likeness (QED) is 0.893. The lowest BCUT2D eigenvalue weighted by Crippen LogP contribution is -2.43. The third-order valence-corrected chi connectivity index (χ3v) is 7.01. The van der Waals surface area contributed by atoms with E-state index in [2.05, 4.69) is 21.2 Å². The number of hydrogen-bond donors (Lipinski definition) is 1. The lowest BCUT2D eigenvalue weighted by atomic mass is 10.1. The molecule has 4 nitrogen and oxygen atoms in total. The number of rotatable bonds is 3. The van der Waals surface area contributed by atoms with Gasteiger partial charge in [0.05, 0.1) is 14.4 Å². The number of hydrogen-bond acceptors (Lipinski definition) is 3. The Labute approximate surface area is 127 Å². The minimum Gasteiger partial charge on any atom is -0.317 e. The standard InChI is InChI=1S/C12H16BrClN2O2S/c1-16(9-5-7-15-8-6-9)19(17,18)11-4-2-3-10(14)12(11)13/h2-4,9,15H,5-8H2,1H3. The lowest BCUT2D eigenvalue weighted by Gasteiger charge is -2.31. The number of benzene rings is 1. The van der Waals surface area contributed by atoms with E-state index in [1.807, 2.05) is 0 Å². The first kappa shape index (κ1) is 15.3. The summed E-state index contributed by atoms with van der Waals surface area (Å²) in [6.07, 6.45) is 1.65. The van der Waals surface area contributed by atoms with Crippen molar-refractivity contribution in [2.24, 2.45) is 0 Å². The lowest BCUT2D eigenvalue weighted by molar-refractivity contribution is 0.296. The highest BCUT2D eigenvalue weighted by molar-refractivity contribution is 9.10. The molecule has 1 N–H and O–H groups in total. The minimum atomic E-state index is -3.52. The maximum atomic E-state index is 12.6. The molecule has 0 spiro atoms. The van der Waals surface area contributed by atoms with Gasteiger partial charge in [0, 0.05) is 13.1 Å². The van der Waals surface area contributed by atoms with Crippen LogP contribution in [0.5, 0.6) is 0 Å². The minimum absolute atomic E-state index is 0.0390. The Morgan fingerprint density at radius 2 is 2.00 bits per heavy atom. The van der Waals surface area contributed by atoms with Crippen molar-refractivity contribution < 1.29 is 8.42 Å². The predicted molar refractivity (Wildman–Crippen MR) is 80.0 cm³/mol. The summed E-state index contributed by atoms with van der Waals surface area (Å²) in [6.45, 7) is 1.70. The first-order valence-corrected chi connectivity index (χ1v) is 8.68. The Bertz CT molecular complexity index is 559. The van der Waals surface area contributed by atoms with Crippen LogP contribution in [0.15, 0.2) is 27.6 Å². The summed E-state index contributed by atoms with van der Waals surface area (Å²) in [5.74, 6) is 0. The average Bonchev–Trinajstić information content (AvgIpc) is 2.41. The van der Waals surface area contributed by atoms with Gasteiger partial charge in [0.1, 0.15) is 0 Å². The van der Waals surface area contributed by atoms with Gasteiger partial charge in [-0.05, 0) is 54.0 Å². The average molecular weight is 368 g/mol. The van der Waals surface area contributed by atoms with Crippen LogP contribution < -0.4 is 5.32 Å². The maximum absolute atomic E-state index is 12.6. The van der Waals surface area contributed by atoms with E-state index in [1.165, 1.54) is 4.31 Å². The van der Waals surface area contributed by atoms with E-state index in [1.54, 1.807) is 25.2 Å². The van der Waals surface area contributed by atoms with E-state index in [0.29, 0.717) is 9.50 Å². The van der Waals surface area contributed by atoms with E-state index in [4.69, 9.17) is 11.6 Å². The van der Waals surface area contributed by atoms with Crippen LogP contribution in [0.25, 0.3) is 0 Å². The van der Waals surface area contributed by atoms with Crippen molar-refractivity contribution >= 4 is 37.6 Å². The number of nitrogens with one attached hydrogen (secondary N) is 1. The third kappa shape index (κ3) is 3.13. The first-order valence-electron chi connectivity index (χ1n) is 6.07. The Morgan fingerprint density at radius 3 is 2.63 bits per heavy atom. The van der Waals surface area contributed by atoms with Crippen LogP contribution in [-0.4, -0.2) is 38.9 Å². The molecule has 0 saturated carbocycles. The summed E-state index contributed by atoms with van der Waals surface area (Å²) in [4.78, 5) is 0.223.